The number of nitrogens with zero attached hydrogens (tertiary/aromatic N) is 3. The summed E-state index contributed by atoms with van der Waals surface area (Å²) in [7, 11) is 1.69. The number of carbonyl (C=O) groups is 1. The van der Waals surface area contributed by atoms with Crippen molar-refractivity contribution in [2.45, 2.75) is 38.6 Å². The summed E-state index contributed by atoms with van der Waals surface area (Å²) in [6.45, 7) is 4.54. The molecule has 1 fully saturated rings. The second-order valence-electron chi connectivity index (χ2n) is 7.62. The number of hydrogen-bond donors (Lipinski definition) is 1. The lowest BCUT2D eigenvalue weighted by molar-refractivity contribution is 0.0923. The first-order valence-corrected chi connectivity index (χ1v) is 10.6. The van der Waals surface area contributed by atoms with Crippen LogP contribution in [0.2, 0.25) is 0 Å². The third kappa shape index (κ3) is 4.16. The Morgan fingerprint density at radius 2 is 2.07 bits per heavy atom. The van der Waals surface area contributed by atoms with Gasteiger partial charge in [0, 0.05) is 18.3 Å². The molecule has 0 saturated carbocycles. The number of nitrogens with one attached hydrogen (secondary N) is 1. The molecule has 1 aromatic carbocycles. The lowest BCUT2D eigenvalue weighted by atomic mass is 10.0. The van der Waals surface area contributed by atoms with Gasteiger partial charge in [-0.2, -0.15) is 0 Å². The third-order valence-electron chi connectivity index (χ3n) is 5.79. The van der Waals surface area contributed by atoms with Crippen LogP contribution >= 0.6 is 0 Å². The summed E-state index contributed by atoms with van der Waals surface area (Å²) in [4.78, 5) is 19.6. The quantitative estimate of drug-likeness (QED) is 0.641. The largest absolute Gasteiger partial charge is 0.496 e. The highest BCUT2D eigenvalue weighted by molar-refractivity contribution is 5.97. The van der Waals surface area contributed by atoms with Crippen molar-refractivity contribution < 1.29 is 14.1 Å². The molecule has 4 rings (SSSR count). The number of para-hydroxylation sites is 1. The van der Waals surface area contributed by atoms with E-state index < -0.39 is 0 Å². The minimum atomic E-state index is -0.149. The molecule has 3 aromatic rings. The molecular formula is C23H28N4O3. The van der Waals surface area contributed by atoms with Crippen LogP contribution in [-0.2, 0) is 6.42 Å². The fourth-order valence-electron chi connectivity index (χ4n) is 4.16. The van der Waals surface area contributed by atoms with Gasteiger partial charge in [0.15, 0.2) is 0 Å². The second kappa shape index (κ2) is 9.26. The van der Waals surface area contributed by atoms with Crippen LogP contribution in [0.1, 0.15) is 53.8 Å². The average Bonchev–Trinajstić information content (AvgIpc) is 3.22. The number of fused-ring (bicyclic) bond motifs is 1. The third-order valence-corrected chi connectivity index (χ3v) is 5.79. The van der Waals surface area contributed by atoms with Gasteiger partial charge in [-0.05, 0) is 44.5 Å². The summed E-state index contributed by atoms with van der Waals surface area (Å²) < 4.78 is 10.8. The molecule has 2 aromatic heterocycles. The number of pyridine rings is 1. The maximum absolute atomic E-state index is 12.9. The first-order chi connectivity index (χ1) is 14.7. The van der Waals surface area contributed by atoms with Gasteiger partial charge in [-0.1, -0.05) is 36.7 Å². The maximum Gasteiger partial charge on any atom is 0.257 e. The number of benzene rings is 1. The Balaban J connectivity index is 1.55. The molecule has 7 nitrogen and oxygen atoms in total. The molecule has 0 bridgehead atoms. The van der Waals surface area contributed by atoms with E-state index in [1.54, 1.807) is 13.3 Å². The molecule has 7 heteroatoms. The molecule has 0 spiro atoms. The van der Waals surface area contributed by atoms with Gasteiger partial charge in [0.2, 0.25) is 0 Å². The molecule has 1 unspecified atom stereocenters. The number of aryl methyl sites for hydroxylation is 1. The number of ether oxygens (including phenoxy) is 1. The average molecular weight is 409 g/mol. The number of carbonyl (C=O) groups excluding carboxylic acids is 1. The zero-order valence-electron chi connectivity index (χ0n) is 17.6. The van der Waals surface area contributed by atoms with Crippen LogP contribution in [0.4, 0.5) is 0 Å². The molecule has 158 valence electrons. The van der Waals surface area contributed by atoms with Crippen molar-refractivity contribution in [1.29, 1.82) is 0 Å². The first-order valence-electron chi connectivity index (χ1n) is 10.6. The molecule has 1 atom stereocenters. The van der Waals surface area contributed by atoms with Crippen LogP contribution < -0.4 is 10.1 Å². The molecule has 0 aliphatic carbocycles. The second-order valence-corrected chi connectivity index (χ2v) is 7.62. The Morgan fingerprint density at radius 3 is 2.83 bits per heavy atom. The van der Waals surface area contributed by atoms with E-state index in [9.17, 15) is 4.79 Å². The van der Waals surface area contributed by atoms with Gasteiger partial charge in [-0.25, -0.2) is 4.98 Å². The minimum absolute atomic E-state index is 0.0592. The van der Waals surface area contributed by atoms with Crippen LogP contribution in [0.25, 0.3) is 11.1 Å². The normalized spacial score (nSPS) is 15.8. The van der Waals surface area contributed by atoms with Crippen molar-refractivity contribution in [3.8, 4) is 5.75 Å². The molecule has 1 saturated heterocycles. The van der Waals surface area contributed by atoms with E-state index in [-0.39, 0.29) is 11.9 Å². The number of hydrogen-bond acceptors (Lipinski definition) is 6. The minimum Gasteiger partial charge on any atom is -0.496 e. The van der Waals surface area contributed by atoms with Crippen molar-refractivity contribution >= 4 is 17.0 Å². The molecule has 1 amide bonds. The van der Waals surface area contributed by atoms with E-state index in [1.165, 1.54) is 19.3 Å². The highest BCUT2D eigenvalue weighted by atomic mass is 16.5. The number of amides is 1. The summed E-state index contributed by atoms with van der Waals surface area (Å²) in [6, 6.07) is 9.92. The van der Waals surface area contributed by atoms with Gasteiger partial charge in [-0.3, -0.25) is 9.69 Å². The molecule has 3 heterocycles. The Labute approximate surface area is 176 Å². The van der Waals surface area contributed by atoms with E-state index in [0.717, 1.165) is 41.9 Å². The van der Waals surface area contributed by atoms with Crippen LogP contribution in [0.15, 0.2) is 41.1 Å². The van der Waals surface area contributed by atoms with E-state index in [1.807, 2.05) is 31.2 Å². The van der Waals surface area contributed by atoms with Gasteiger partial charge in [0.1, 0.15) is 5.75 Å². The van der Waals surface area contributed by atoms with Gasteiger partial charge >= 0.3 is 0 Å². The van der Waals surface area contributed by atoms with Crippen molar-refractivity contribution in [1.82, 2.24) is 20.4 Å². The predicted octanol–water partition coefficient (Wildman–Crippen LogP) is 3.75. The van der Waals surface area contributed by atoms with Crippen molar-refractivity contribution in [2.75, 3.05) is 26.7 Å². The number of rotatable bonds is 7. The van der Waals surface area contributed by atoms with Crippen LogP contribution in [0.3, 0.4) is 0 Å². The molecule has 1 aliphatic rings. The first kappa shape index (κ1) is 20.3. The zero-order chi connectivity index (χ0) is 20.9. The van der Waals surface area contributed by atoms with E-state index >= 15 is 0 Å². The highest BCUT2D eigenvalue weighted by Gasteiger charge is 2.25. The molecule has 30 heavy (non-hydrogen) atoms. The van der Waals surface area contributed by atoms with Crippen LogP contribution in [-0.4, -0.2) is 47.7 Å². The SMILES string of the molecule is CCc1noc2ncc(C(=O)NCC(c3ccccc3OC)N3CCCCC3)cc12. The summed E-state index contributed by atoms with van der Waals surface area (Å²) >= 11 is 0. The van der Waals surface area contributed by atoms with Gasteiger partial charge in [0.05, 0.1) is 29.8 Å². The van der Waals surface area contributed by atoms with Gasteiger partial charge in [0.25, 0.3) is 11.6 Å². The lowest BCUT2D eigenvalue weighted by Gasteiger charge is -2.35. The number of likely N-dealkylation sites (tertiary alicyclic amines) is 1. The molecular weight excluding hydrogens is 380 g/mol. The molecule has 1 N–H and O–H groups in total. The van der Waals surface area contributed by atoms with E-state index in [0.29, 0.717) is 17.8 Å². The zero-order valence-corrected chi connectivity index (χ0v) is 17.6. The van der Waals surface area contributed by atoms with Gasteiger partial charge in [-0.15, -0.1) is 0 Å². The van der Waals surface area contributed by atoms with Crippen molar-refractivity contribution in [3.05, 3.63) is 53.3 Å². The summed E-state index contributed by atoms with van der Waals surface area (Å²) in [5.41, 5.74) is 2.89. The Bertz CT molecular complexity index is 1010. The van der Waals surface area contributed by atoms with Crippen molar-refractivity contribution in [3.63, 3.8) is 0 Å². The monoisotopic (exact) mass is 408 g/mol. The standard InChI is InChI=1S/C23H28N4O3/c1-3-19-18-13-16(14-25-23(18)30-26-19)22(28)24-15-20(27-11-7-4-8-12-27)17-9-5-6-10-21(17)29-2/h5-6,9-10,13-14,20H,3-4,7-8,11-12,15H2,1-2H3,(H,24,28). The fraction of sp³-hybridized carbons (Fsp3) is 0.435. The highest BCUT2D eigenvalue weighted by Crippen LogP contribution is 2.31. The van der Waals surface area contributed by atoms with E-state index in [2.05, 4.69) is 26.4 Å². The van der Waals surface area contributed by atoms with Crippen molar-refractivity contribution in [2.24, 2.45) is 0 Å². The molecule has 1 aliphatic heterocycles. The summed E-state index contributed by atoms with van der Waals surface area (Å²) in [5.74, 6) is 0.701. The Hall–Kier alpha value is -2.93. The summed E-state index contributed by atoms with van der Waals surface area (Å²) in [5, 5.41) is 7.93. The van der Waals surface area contributed by atoms with Gasteiger partial charge < -0.3 is 14.6 Å². The Kier molecular flexibility index (Phi) is 6.28. The molecule has 0 radical (unpaired) electrons. The van der Waals surface area contributed by atoms with Crippen LogP contribution in [0, 0.1) is 0 Å². The number of piperidine rings is 1. The number of methoxy groups -OCH3 is 1. The Morgan fingerprint density at radius 1 is 1.27 bits per heavy atom. The lowest BCUT2D eigenvalue weighted by Crippen LogP contribution is -2.40. The maximum atomic E-state index is 12.9. The fourth-order valence-corrected chi connectivity index (χ4v) is 4.16. The number of aromatic nitrogens is 2. The smallest absolute Gasteiger partial charge is 0.257 e. The predicted molar refractivity (Wildman–Crippen MR) is 115 cm³/mol. The van der Waals surface area contributed by atoms with Crippen LogP contribution in [0.5, 0.6) is 5.75 Å². The van der Waals surface area contributed by atoms with E-state index in [4.69, 9.17) is 9.26 Å². The summed E-state index contributed by atoms with van der Waals surface area (Å²) in [6.07, 6.45) is 5.87. The topological polar surface area (TPSA) is 80.5 Å².